The summed E-state index contributed by atoms with van der Waals surface area (Å²) in [5, 5.41) is 14.6. The highest BCUT2D eigenvalue weighted by Crippen LogP contribution is 2.33. The fourth-order valence-corrected chi connectivity index (χ4v) is 4.35. The summed E-state index contributed by atoms with van der Waals surface area (Å²) in [4.78, 5) is 12.3. The Morgan fingerprint density at radius 2 is 1.97 bits per heavy atom. The van der Waals surface area contributed by atoms with Gasteiger partial charge in [0.25, 0.3) is 0 Å². The van der Waals surface area contributed by atoms with Gasteiger partial charge in [-0.3, -0.25) is 4.79 Å². The number of hydrogen-bond acceptors (Lipinski definition) is 7. The zero-order valence-electron chi connectivity index (χ0n) is 16.0. The molecule has 0 saturated heterocycles. The lowest BCUT2D eigenvalue weighted by Crippen LogP contribution is -2.30. The fraction of sp³-hybridized carbons (Fsp3) is 0.250. The van der Waals surface area contributed by atoms with Crippen molar-refractivity contribution in [2.45, 2.75) is 30.0 Å². The highest BCUT2D eigenvalue weighted by molar-refractivity contribution is 8.02. The molecule has 3 rings (SSSR count). The topological polar surface area (TPSA) is 76.1 Å². The van der Waals surface area contributed by atoms with Crippen LogP contribution in [0.5, 0.6) is 5.75 Å². The number of halogens is 1. The first-order valence-electron chi connectivity index (χ1n) is 9.06. The van der Waals surface area contributed by atoms with Gasteiger partial charge in [-0.1, -0.05) is 47.4 Å². The van der Waals surface area contributed by atoms with Gasteiger partial charge in [0.05, 0.1) is 17.5 Å². The predicted molar refractivity (Wildman–Crippen MR) is 114 cm³/mol. The number of aromatic nitrogens is 2. The Morgan fingerprint density at radius 1 is 1.21 bits per heavy atom. The molecule has 0 bridgehead atoms. The quantitative estimate of drug-likeness (QED) is 0.481. The van der Waals surface area contributed by atoms with E-state index in [4.69, 9.17) is 4.74 Å². The van der Waals surface area contributed by atoms with Gasteiger partial charge >= 0.3 is 0 Å². The van der Waals surface area contributed by atoms with Crippen LogP contribution in [0, 0.1) is 5.82 Å². The van der Waals surface area contributed by atoms with Crippen LogP contribution in [0.15, 0.2) is 52.9 Å². The minimum absolute atomic E-state index is 0.120. The molecule has 0 aliphatic rings. The second kappa shape index (κ2) is 10.2. The fourth-order valence-electron chi connectivity index (χ4n) is 2.41. The SMILES string of the molecule is CCOc1ccccc1Nc1nnc(SC(C)C(=O)NCc2ccc(F)cc2)s1. The Morgan fingerprint density at radius 3 is 2.72 bits per heavy atom. The van der Waals surface area contributed by atoms with Crippen molar-refractivity contribution in [2.24, 2.45) is 0 Å². The standard InChI is InChI=1S/C20H21FN4O2S2/c1-3-27-17-7-5-4-6-16(17)23-19-24-25-20(29-19)28-13(2)18(26)22-12-14-8-10-15(21)11-9-14/h4-11,13H,3,12H2,1-2H3,(H,22,26)(H,23,24). The zero-order chi connectivity index (χ0) is 20.6. The number of benzene rings is 2. The number of nitrogens with zero attached hydrogens (tertiary/aromatic N) is 2. The number of carbonyl (C=O) groups excluding carboxylic acids is 1. The normalized spacial score (nSPS) is 11.7. The largest absolute Gasteiger partial charge is 0.492 e. The third kappa shape index (κ3) is 6.16. The lowest BCUT2D eigenvalue weighted by molar-refractivity contribution is -0.120. The number of hydrogen-bond donors (Lipinski definition) is 2. The van der Waals surface area contributed by atoms with Gasteiger partial charge in [-0.15, -0.1) is 10.2 Å². The van der Waals surface area contributed by atoms with E-state index in [9.17, 15) is 9.18 Å². The van der Waals surface area contributed by atoms with Crippen LogP contribution in [0.2, 0.25) is 0 Å². The molecule has 9 heteroatoms. The molecule has 3 aromatic rings. The van der Waals surface area contributed by atoms with Crippen LogP contribution < -0.4 is 15.4 Å². The predicted octanol–water partition coefficient (Wildman–Crippen LogP) is 4.62. The van der Waals surface area contributed by atoms with E-state index in [1.807, 2.05) is 38.1 Å². The number of carbonyl (C=O) groups is 1. The van der Waals surface area contributed by atoms with Crippen LogP contribution in [-0.2, 0) is 11.3 Å². The number of nitrogens with one attached hydrogen (secondary N) is 2. The first-order valence-corrected chi connectivity index (χ1v) is 10.8. The lowest BCUT2D eigenvalue weighted by atomic mass is 10.2. The third-order valence-corrected chi connectivity index (χ3v) is 5.88. The van der Waals surface area contributed by atoms with Gasteiger partial charge in [-0.25, -0.2) is 4.39 Å². The summed E-state index contributed by atoms with van der Waals surface area (Å²) in [7, 11) is 0. The molecule has 1 heterocycles. The van der Waals surface area contributed by atoms with Crippen LogP contribution in [0.3, 0.4) is 0 Å². The van der Waals surface area contributed by atoms with E-state index < -0.39 is 0 Å². The van der Waals surface area contributed by atoms with Crippen molar-refractivity contribution in [1.82, 2.24) is 15.5 Å². The van der Waals surface area contributed by atoms with Gasteiger partial charge in [-0.05, 0) is 43.7 Å². The minimum Gasteiger partial charge on any atom is -0.492 e. The molecule has 1 aromatic heterocycles. The van der Waals surface area contributed by atoms with Gasteiger partial charge in [0, 0.05) is 6.54 Å². The minimum atomic E-state index is -0.341. The Hall–Kier alpha value is -2.65. The van der Waals surface area contributed by atoms with E-state index in [1.54, 1.807) is 12.1 Å². The molecule has 0 radical (unpaired) electrons. The summed E-state index contributed by atoms with van der Waals surface area (Å²) >= 11 is 2.71. The molecular weight excluding hydrogens is 411 g/mol. The summed E-state index contributed by atoms with van der Waals surface area (Å²) in [6.07, 6.45) is 0. The van der Waals surface area contributed by atoms with E-state index in [2.05, 4.69) is 20.8 Å². The molecular formula is C20H21FN4O2S2. The van der Waals surface area contributed by atoms with Crippen molar-refractivity contribution >= 4 is 39.8 Å². The summed E-state index contributed by atoms with van der Waals surface area (Å²) in [5.74, 6) is 0.326. The van der Waals surface area contributed by atoms with Crippen LogP contribution in [0.1, 0.15) is 19.4 Å². The Balaban J connectivity index is 1.53. The van der Waals surface area contributed by atoms with Crippen molar-refractivity contribution in [2.75, 3.05) is 11.9 Å². The van der Waals surface area contributed by atoms with Gasteiger partial charge in [0.2, 0.25) is 11.0 Å². The summed E-state index contributed by atoms with van der Waals surface area (Å²) in [5.41, 5.74) is 1.65. The van der Waals surface area contributed by atoms with Gasteiger partial charge < -0.3 is 15.4 Å². The maximum Gasteiger partial charge on any atom is 0.233 e. The molecule has 0 saturated carbocycles. The van der Waals surface area contributed by atoms with E-state index in [0.717, 1.165) is 17.0 Å². The van der Waals surface area contributed by atoms with E-state index in [1.165, 1.54) is 35.2 Å². The second-order valence-corrected chi connectivity index (χ2v) is 8.60. The monoisotopic (exact) mass is 432 g/mol. The average Bonchev–Trinajstić information content (AvgIpc) is 3.15. The molecule has 1 unspecified atom stereocenters. The number of amides is 1. The Labute approximate surface area is 176 Å². The molecule has 0 aliphatic carbocycles. The molecule has 1 amide bonds. The Bertz CT molecular complexity index is 950. The highest BCUT2D eigenvalue weighted by atomic mass is 32.2. The molecule has 6 nitrogen and oxygen atoms in total. The molecule has 0 spiro atoms. The lowest BCUT2D eigenvalue weighted by Gasteiger charge is -2.10. The van der Waals surface area contributed by atoms with Crippen LogP contribution in [0.25, 0.3) is 0 Å². The summed E-state index contributed by atoms with van der Waals surface area (Å²) < 4.78 is 19.2. The summed E-state index contributed by atoms with van der Waals surface area (Å²) in [6.45, 7) is 4.66. The number of ether oxygens (including phenoxy) is 1. The number of rotatable bonds is 9. The van der Waals surface area contributed by atoms with E-state index >= 15 is 0 Å². The first-order chi connectivity index (χ1) is 14.0. The second-order valence-electron chi connectivity index (χ2n) is 6.03. The molecule has 2 N–H and O–H groups in total. The van der Waals surface area contributed by atoms with Crippen LogP contribution in [-0.4, -0.2) is 28.0 Å². The first kappa shape index (κ1) is 21.1. The molecule has 0 aliphatic heterocycles. The molecule has 29 heavy (non-hydrogen) atoms. The molecule has 152 valence electrons. The van der Waals surface area contributed by atoms with Gasteiger partial charge in [0.15, 0.2) is 4.34 Å². The average molecular weight is 433 g/mol. The van der Waals surface area contributed by atoms with Crippen LogP contribution in [0.4, 0.5) is 15.2 Å². The zero-order valence-corrected chi connectivity index (χ0v) is 17.6. The highest BCUT2D eigenvalue weighted by Gasteiger charge is 2.17. The number of anilines is 2. The number of thioether (sulfide) groups is 1. The smallest absolute Gasteiger partial charge is 0.233 e. The van der Waals surface area contributed by atoms with Crippen molar-refractivity contribution in [3.05, 3.63) is 59.9 Å². The van der Waals surface area contributed by atoms with Crippen molar-refractivity contribution in [3.63, 3.8) is 0 Å². The number of para-hydroxylation sites is 2. The van der Waals surface area contributed by atoms with Crippen molar-refractivity contribution < 1.29 is 13.9 Å². The van der Waals surface area contributed by atoms with Crippen LogP contribution >= 0.6 is 23.1 Å². The van der Waals surface area contributed by atoms with Gasteiger partial charge in [-0.2, -0.15) is 0 Å². The molecule has 2 aromatic carbocycles. The van der Waals surface area contributed by atoms with Crippen molar-refractivity contribution in [1.29, 1.82) is 0 Å². The Kier molecular flexibility index (Phi) is 7.42. The van der Waals surface area contributed by atoms with Crippen molar-refractivity contribution in [3.8, 4) is 5.75 Å². The van der Waals surface area contributed by atoms with Gasteiger partial charge in [0.1, 0.15) is 11.6 Å². The maximum atomic E-state index is 12.9. The van der Waals surface area contributed by atoms with E-state index in [0.29, 0.717) is 22.6 Å². The summed E-state index contributed by atoms with van der Waals surface area (Å²) in [6, 6.07) is 13.7. The van der Waals surface area contributed by atoms with E-state index in [-0.39, 0.29) is 17.0 Å². The maximum absolute atomic E-state index is 12.9. The molecule has 1 atom stereocenters. The third-order valence-electron chi connectivity index (χ3n) is 3.86. The molecule has 0 fully saturated rings.